The topological polar surface area (TPSA) is 52.7 Å². The summed E-state index contributed by atoms with van der Waals surface area (Å²) < 4.78 is 4.62. The van der Waals surface area contributed by atoms with Crippen molar-refractivity contribution in [1.82, 2.24) is 19.1 Å². The van der Waals surface area contributed by atoms with E-state index in [-0.39, 0.29) is 17.6 Å². The Morgan fingerprint density at radius 3 is 1.43 bits per heavy atom. The first-order valence-corrected chi connectivity index (χ1v) is 11.0. The van der Waals surface area contributed by atoms with Gasteiger partial charge in [0.15, 0.2) is 0 Å². The summed E-state index contributed by atoms with van der Waals surface area (Å²) in [6.07, 6.45) is 8.77. The number of hydrogen-bond acceptors (Lipinski definition) is 3. The van der Waals surface area contributed by atoms with Gasteiger partial charge in [0, 0.05) is 47.7 Å². The Hall–Kier alpha value is -1.91. The van der Waals surface area contributed by atoms with Crippen molar-refractivity contribution in [2.45, 2.75) is 103 Å². The molecule has 2 aliphatic rings. The lowest BCUT2D eigenvalue weighted by Gasteiger charge is -2.23. The molecule has 2 atom stereocenters. The van der Waals surface area contributed by atoms with E-state index in [1.54, 1.807) is 0 Å². The number of ketones is 1. The maximum Gasteiger partial charge on any atom is 0.150 e. The number of Topliss-reactive ketones (excluding diaryl/α,β-unsaturated/α-hetero) is 1. The van der Waals surface area contributed by atoms with E-state index in [0.29, 0.717) is 23.9 Å². The number of nitrogens with zero attached hydrogens (tertiary/aromatic N) is 4. The zero-order chi connectivity index (χ0) is 20.2. The van der Waals surface area contributed by atoms with Crippen molar-refractivity contribution in [2.24, 2.45) is 0 Å². The Morgan fingerprint density at radius 2 is 1.14 bits per heavy atom. The highest BCUT2D eigenvalue weighted by Crippen LogP contribution is 2.43. The molecule has 2 saturated carbocycles. The van der Waals surface area contributed by atoms with Crippen molar-refractivity contribution < 1.29 is 4.79 Å². The molecule has 2 aromatic rings. The second-order valence-electron chi connectivity index (χ2n) is 9.40. The van der Waals surface area contributed by atoms with Crippen LogP contribution in [0.4, 0.5) is 0 Å². The van der Waals surface area contributed by atoms with Gasteiger partial charge in [-0.15, -0.1) is 0 Å². The molecular formula is C23H34N4O. The summed E-state index contributed by atoms with van der Waals surface area (Å²) >= 11 is 0. The molecule has 0 spiro atoms. The molecule has 28 heavy (non-hydrogen) atoms. The summed E-state index contributed by atoms with van der Waals surface area (Å²) in [4.78, 5) is 22.9. The van der Waals surface area contributed by atoms with Gasteiger partial charge in [-0.3, -0.25) is 4.79 Å². The normalized spacial score (nSPS) is 19.4. The van der Waals surface area contributed by atoms with Crippen molar-refractivity contribution in [3.63, 3.8) is 0 Å². The average molecular weight is 383 g/mol. The Bertz CT molecular complexity index is 797. The molecule has 2 unspecified atom stereocenters. The van der Waals surface area contributed by atoms with Gasteiger partial charge in [-0.1, -0.05) is 0 Å². The van der Waals surface area contributed by atoms with Crippen LogP contribution in [-0.2, 0) is 4.79 Å². The van der Waals surface area contributed by atoms with E-state index in [4.69, 9.17) is 9.97 Å². The number of imidazole rings is 2. The van der Waals surface area contributed by atoms with Gasteiger partial charge in [-0.05, 0) is 67.2 Å². The molecule has 4 rings (SSSR count). The predicted molar refractivity (Wildman–Crippen MR) is 111 cm³/mol. The monoisotopic (exact) mass is 382 g/mol. The Labute approximate surface area is 168 Å². The van der Waals surface area contributed by atoms with E-state index in [0.717, 1.165) is 11.4 Å². The van der Waals surface area contributed by atoms with E-state index in [1.807, 2.05) is 26.2 Å². The number of carbonyl (C=O) groups is 1. The van der Waals surface area contributed by atoms with Crippen LogP contribution in [0, 0.1) is 0 Å². The molecule has 2 aliphatic carbocycles. The van der Waals surface area contributed by atoms with E-state index < -0.39 is 0 Å². The van der Waals surface area contributed by atoms with E-state index >= 15 is 0 Å². The quantitative estimate of drug-likeness (QED) is 0.608. The number of aromatic nitrogens is 4. The van der Waals surface area contributed by atoms with Crippen molar-refractivity contribution >= 4 is 5.78 Å². The molecule has 0 amide bonds. The lowest BCUT2D eigenvalue weighted by atomic mass is 9.90. The molecule has 0 radical (unpaired) electrons. The fourth-order valence-corrected chi connectivity index (χ4v) is 4.50. The Kier molecular flexibility index (Phi) is 4.96. The van der Waals surface area contributed by atoms with Crippen molar-refractivity contribution in [3.05, 3.63) is 35.4 Å². The fraction of sp³-hybridized carbons (Fsp3) is 0.696. The van der Waals surface area contributed by atoms with Gasteiger partial charge in [0.2, 0.25) is 0 Å². The van der Waals surface area contributed by atoms with Gasteiger partial charge < -0.3 is 9.13 Å². The summed E-state index contributed by atoms with van der Waals surface area (Å²) in [7, 11) is 0. The van der Waals surface area contributed by atoms with Crippen LogP contribution in [0.3, 0.4) is 0 Å². The summed E-state index contributed by atoms with van der Waals surface area (Å²) in [6.45, 7) is 12.8. The molecule has 0 aromatic carbocycles. The number of carbonyl (C=O) groups excluding carboxylic acids is 1. The maximum atomic E-state index is 13.5. The summed E-state index contributed by atoms with van der Waals surface area (Å²) in [5.41, 5.74) is 2.12. The van der Waals surface area contributed by atoms with Gasteiger partial charge in [-0.25, -0.2) is 9.97 Å². The number of hydrogen-bond donors (Lipinski definition) is 0. The first-order chi connectivity index (χ1) is 13.3. The molecular weight excluding hydrogens is 348 g/mol. The lowest BCUT2D eigenvalue weighted by molar-refractivity contribution is -0.121. The Morgan fingerprint density at radius 1 is 0.786 bits per heavy atom. The lowest BCUT2D eigenvalue weighted by Crippen LogP contribution is -2.23. The number of rotatable bonds is 8. The average Bonchev–Trinajstić information content (AvgIpc) is 3.59. The minimum absolute atomic E-state index is 0.169. The van der Waals surface area contributed by atoms with Gasteiger partial charge in [0.05, 0.1) is 11.8 Å². The van der Waals surface area contributed by atoms with Crippen LogP contribution in [0.25, 0.3) is 0 Å². The molecule has 2 heterocycles. The van der Waals surface area contributed by atoms with Gasteiger partial charge in [0.25, 0.3) is 0 Å². The van der Waals surface area contributed by atoms with Crippen LogP contribution in [0.1, 0.15) is 126 Å². The second kappa shape index (κ2) is 7.16. The molecule has 5 nitrogen and oxygen atoms in total. The fourth-order valence-electron chi connectivity index (χ4n) is 4.50. The predicted octanol–water partition coefficient (Wildman–Crippen LogP) is 5.47. The van der Waals surface area contributed by atoms with E-state index in [2.05, 4.69) is 36.8 Å². The van der Waals surface area contributed by atoms with Gasteiger partial charge >= 0.3 is 0 Å². The zero-order valence-electron chi connectivity index (χ0n) is 18.1. The zero-order valence-corrected chi connectivity index (χ0v) is 18.1. The minimum atomic E-state index is -0.169. The van der Waals surface area contributed by atoms with Crippen LogP contribution in [0.15, 0.2) is 12.4 Å². The molecule has 2 aromatic heterocycles. The largest absolute Gasteiger partial charge is 0.329 e. The van der Waals surface area contributed by atoms with E-state index in [9.17, 15) is 4.79 Å². The highest BCUT2D eigenvalue weighted by molar-refractivity contribution is 5.90. The van der Waals surface area contributed by atoms with Crippen LogP contribution < -0.4 is 0 Å². The highest BCUT2D eigenvalue weighted by atomic mass is 16.1. The first-order valence-electron chi connectivity index (χ1n) is 11.0. The van der Waals surface area contributed by atoms with Crippen LogP contribution in [0.2, 0.25) is 0 Å². The minimum Gasteiger partial charge on any atom is -0.329 e. The smallest absolute Gasteiger partial charge is 0.150 e. The standard InChI is InChI=1S/C23H34N4O/c1-13(2)26-19(11-24-22(26)17-7-8-17)15(5)21(28)16(6)20-12-25-23(18-9-10-18)27(20)14(3)4/h11-18H,7-10H2,1-6H3. The highest BCUT2D eigenvalue weighted by Gasteiger charge is 2.35. The molecule has 2 fully saturated rings. The molecule has 0 bridgehead atoms. The van der Waals surface area contributed by atoms with Crippen molar-refractivity contribution in [1.29, 1.82) is 0 Å². The van der Waals surface area contributed by atoms with Gasteiger partial charge in [0.1, 0.15) is 17.4 Å². The summed E-state index contributed by atoms with van der Waals surface area (Å²) in [5.74, 6) is 3.42. The third-order valence-corrected chi connectivity index (χ3v) is 6.37. The van der Waals surface area contributed by atoms with Crippen molar-refractivity contribution in [2.75, 3.05) is 0 Å². The van der Waals surface area contributed by atoms with Crippen molar-refractivity contribution in [3.8, 4) is 0 Å². The molecule has 152 valence electrons. The first kappa shape index (κ1) is 19.4. The Balaban J connectivity index is 1.63. The molecule has 0 N–H and O–H groups in total. The molecule has 0 saturated heterocycles. The third kappa shape index (κ3) is 3.33. The van der Waals surface area contributed by atoms with Crippen LogP contribution in [0.5, 0.6) is 0 Å². The molecule has 0 aliphatic heterocycles. The van der Waals surface area contributed by atoms with Gasteiger partial charge in [-0.2, -0.15) is 0 Å². The second-order valence-corrected chi connectivity index (χ2v) is 9.40. The van der Waals surface area contributed by atoms with Crippen LogP contribution in [-0.4, -0.2) is 24.9 Å². The molecule has 5 heteroatoms. The maximum absolute atomic E-state index is 13.5. The third-order valence-electron chi connectivity index (χ3n) is 6.37. The van der Waals surface area contributed by atoms with E-state index in [1.165, 1.54) is 37.3 Å². The SMILES string of the molecule is CC(C(=O)C(C)c1cnc(C2CC2)n1C(C)C)c1cnc(C2CC2)n1C(C)C. The summed E-state index contributed by atoms with van der Waals surface area (Å²) in [5, 5.41) is 0. The van der Waals surface area contributed by atoms with Crippen LogP contribution >= 0.6 is 0 Å². The summed E-state index contributed by atoms with van der Waals surface area (Å²) in [6, 6.07) is 0.641.